The molecule has 2 N–H and O–H groups in total. The van der Waals surface area contributed by atoms with E-state index in [0.717, 1.165) is 42.7 Å². The molecule has 1 aromatic carbocycles. The summed E-state index contributed by atoms with van der Waals surface area (Å²) in [7, 11) is 1.65. The summed E-state index contributed by atoms with van der Waals surface area (Å²) < 4.78 is 11.3. The highest BCUT2D eigenvalue weighted by molar-refractivity contribution is 5.74. The van der Waals surface area contributed by atoms with Crippen molar-refractivity contribution in [1.29, 1.82) is 0 Å². The number of benzene rings is 1. The van der Waals surface area contributed by atoms with Gasteiger partial charge in [0.1, 0.15) is 11.9 Å². The van der Waals surface area contributed by atoms with E-state index in [1.54, 1.807) is 7.11 Å². The molecule has 2 fully saturated rings. The molecule has 0 amide bonds. The largest absolute Gasteiger partial charge is 0.496 e. The Labute approximate surface area is 175 Å². The van der Waals surface area contributed by atoms with E-state index in [-0.39, 0.29) is 18.5 Å². The van der Waals surface area contributed by atoms with Crippen molar-refractivity contribution in [2.75, 3.05) is 20.2 Å². The first kappa shape index (κ1) is 22.1. The Kier molecular flexibility index (Phi) is 8.37. The van der Waals surface area contributed by atoms with Gasteiger partial charge < -0.3 is 15.2 Å². The molecule has 29 heavy (non-hydrogen) atoms. The SMILES string of the molecule is COc1ccc(C)cc1CC(=O)OC1CC2CCCC(C1)N2CCCCCCN. The number of piperidine rings is 2. The van der Waals surface area contributed by atoms with Gasteiger partial charge in [0.05, 0.1) is 13.5 Å². The lowest BCUT2D eigenvalue weighted by atomic mass is 9.82. The average molecular weight is 403 g/mol. The van der Waals surface area contributed by atoms with Crippen LogP contribution in [-0.2, 0) is 16.0 Å². The van der Waals surface area contributed by atoms with Gasteiger partial charge in [-0.25, -0.2) is 0 Å². The van der Waals surface area contributed by atoms with Crippen LogP contribution in [0.5, 0.6) is 5.75 Å². The Balaban J connectivity index is 1.50. The minimum Gasteiger partial charge on any atom is -0.496 e. The lowest BCUT2D eigenvalue weighted by Crippen LogP contribution is -2.54. The second-order valence-electron chi connectivity index (χ2n) is 8.75. The van der Waals surface area contributed by atoms with Crippen LogP contribution in [0.3, 0.4) is 0 Å². The predicted octanol–water partition coefficient (Wildman–Crippen LogP) is 3.99. The number of esters is 1. The van der Waals surface area contributed by atoms with E-state index in [1.807, 2.05) is 25.1 Å². The number of fused-ring (bicyclic) bond motifs is 2. The molecule has 5 nitrogen and oxygen atoms in total. The first-order chi connectivity index (χ1) is 14.1. The average Bonchev–Trinajstić information content (AvgIpc) is 2.68. The number of hydrogen-bond donors (Lipinski definition) is 1. The third kappa shape index (κ3) is 6.19. The van der Waals surface area contributed by atoms with E-state index >= 15 is 0 Å². The normalized spacial score (nSPS) is 24.3. The molecule has 3 rings (SSSR count). The van der Waals surface area contributed by atoms with E-state index in [1.165, 1.54) is 45.1 Å². The summed E-state index contributed by atoms with van der Waals surface area (Å²) in [6.07, 6.45) is 11.0. The summed E-state index contributed by atoms with van der Waals surface area (Å²) in [6.45, 7) is 4.01. The van der Waals surface area contributed by atoms with Gasteiger partial charge >= 0.3 is 5.97 Å². The van der Waals surface area contributed by atoms with Crippen molar-refractivity contribution in [1.82, 2.24) is 4.90 Å². The second kappa shape index (κ2) is 11.0. The number of aryl methyl sites for hydroxylation is 1. The zero-order chi connectivity index (χ0) is 20.6. The van der Waals surface area contributed by atoms with Crippen molar-refractivity contribution in [3.8, 4) is 5.75 Å². The quantitative estimate of drug-likeness (QED) is 0.473. The molecule has 2 heterocycles. The maximum Gasteiger partial charge on any atom is 0.310 e. The van der Waals surface area contributed by atoms with Crippen LogP contribution in [0.25, 0.3) is 0 Å². The van der Waals surface area contributed by atoms with Gasteiger partial charge in [-0.2, -0.15) is 0 Å². The van der Waals surface area contributed by atoms with Crippen molar-refractivity contribution < 1.29 is 14.3 Å². The first-order valence-corrected chi connectivity index (χ1v) is 11.4. The van der Waals surface area contributed by atoms with Gasteiger partial charge in [0.2, 0.25) is 0 Å². The monoisotopic (exact) mass is 402 g/mol. The molecule has 2 unspecified atom stereocenters. The minimum atomic E-state index is -0.132. The molecule has 1 aromatic rings. The second-order valence-corrected chi connectivity index (χ2v) is 8.75. The number of carbonyl (C=O) groups excluding carboxylic acids is 1. The molecular weight excluding hydrogens is 364 g/mol. The third-order valence-corrected chi connectivity index (χ3v) is 6.52. The van der Waals surface area contributed by atoms with Crippen LogP contribution in [0, 0.1) is 6.92 Å². The van der Waals surface area contributed by atoms with Crippen LogP contribution in [0.4, 0.5) is 0 Å². The highest BCUT2D eigenvalue weighted by atomic mass is 16.5. The van der Waals surface area contributed by atoms with E-state index in [2.05, 4.69) is 4.90 Å². The Bertz CT molecular complexity index is 650. The number of nitrogens with zero attached hydrogens (tertiary/aromatic N) is 1. The van der Waals surface area contributed by atoms with Gasteiger partial charge in [0.15, 0.2) is 0 Å². The molecule has 0 aliphatic carbocycles. The molecule has 0 aromatic heterocycles. The molecule has 2 aliphatic rings. The molecule has 2 bridgehead atoms. The van der Waals surface area contributed by atoms with Crippen molar-refractivity contribution >= 4 is 5.97 Å². The smallest absolute Gasteiger partial charge is 0.310 e. The maximum absolute atomic E-state index is 12.6. The van der Waals surface area contributed by atoms with Crippen LogP contribution < -0.4 is 10.5 Å². The van der Waals surface area contributed by atoms with Crippen LogP contribution in [0.2, 0.25) is 0 Å². The summed E-state index contributed by atoms with van der Waals surface area (Å²) in [4.78, 5) is 15.3. The van der Waals surface area contributed by atoms with Crippen molar-refractivity contribution in [3.63, 3.8) is 0 Å². The molecule has 5 heteroatoms. The fraction of sp³-hybridized carbons (Fsp3) is 0.708. The first-order valence-electron chi connectivity index (χ1n) is 11.4. The Hall–Kier alpha value is -1.59. The molecule has 2 atom stereocenters. The fourth-order valence-electron chi connectivity index (χ4n) is 5.11. The Morgan fingerprint density at radius 1 is 1.14 bits per heavy atom. The van der Waals surface area contributed by atoms with Crippen LogP contribution in [0.15, 0.2) is 18.2 Å². The van der Waals surface area contributed by atoms with Crippen LogP contribution in [-0.4, -0.2) is 49.3 Å². The minimum absolute atomic E-state index is 0.0575. The maximum atomic E-state index is 12.6. The fourth-order valence-corrected chi connectivity index (χ4v) is 5.11. The van der Waals surface area contributed by atoms with Crippen LogP contribution in [0.1, 0.15) is 68.9 Å². The lowest BCUT2D eigenvalue weighted by molar-refractivity contribution is -0.154. The van der Waals surface area contributed by atoms with Crippen molar-refractivity contribution in [2.45, 2.75) is 89.3 Å². The lowest BCUT2D eigenvalue weighted by Gasteiger charge is -2.48. The van der Waals surface area contributed by atoms with Crippen LogP contribution >= 0.6 is 0 Å². The molecular formula is C24H38N2O3. The zero-order valence-electron chi connectivity index (χ0n) is 18.2. The van der Waals surface area contributed by atoms with Crippen molar-refractivity contribution in [2.24, 2.45) is 5.73 Å². The van der Waals surface area contributed by atoms with Gasteiger partial charge in [-0.1, -0.05) is 37.0 Å². The highest BCUT2D eigenvalue weighted by Gasteiger charge is 2.39. The molecule has 162 valence electrons. The summed E-state index contributed by atoms with van der Waals surface area (Å²) in [5.74, 6) is 0.626. The Morgan fingerprint density at radius 2 is 1.86 bits per heavy atom. The standard InChI is InChI=1S/C24H38N2O3/c1-18-10-11-23(28-2)19(14-18)15-24(27)29-22-16-20-8-7-9-21(17-22)26(20)13-6-4-3-5-12-25/h10-11,14,20-22H,3-9,12-13,15-17,25H2,1-2H3. The van der Waals surface area contributed by atoms with Gasteiger partial charge in [-0.15, -0.1) is 0 Å². The van der Waals surface area contributed by atoms with Gasteiger partial charge in [0, 0.05) is 30.5 Å². The number of carbonyl (C=O) groups is 1. The zero-order valence-corrected chi connectivity index (χ0v) is 18.2. The molecule has 2 aliphatic heterocycles. The molecule has 2 saturated heterocycles. The van der Waals surface area contributed by atoms with Gasteiger partial charge in [-0.05, 0) is 51.8 Å². The topological polar surface area (TPSA) is 64.8 Å². The van der Waals surface area contributed by atoms with E-state index < -0.39 is 0 Å². The van der Waals surface area contributed by atoms with E-state index in [4.69, 9.17) is 15.2 Å². The third-order valence-electron chi connectivity index (χ3n) is 6.52. The molecule has 0 spiro atoms. The van der Waals surface area contributed by atoms with Gasteiger partial charge in [0.25, 0.3) is 0 Å². The summed E-state index contributed by atoms with van der Waals surface area (Å²) in [5, 5.41) is 0. The predicted molar refractivity (Wildman–Crippen MR) is 116 cm³/mol. The van der Waals surface area contributed by atoms with E-state index in [9.17, 15) is 4.79 Å². The van der Waals surface area contributed by atoms with E-state index in [0.29, 0.717) is 12.1 Å². The summed E-state index contributed by atoms with van der Waals surface area (Å²) in [6, 6.07) is 7.09. The summed E-state index contributed by atoms with van der Waals surface area (Å²) >= 11 is 0. The van der Waals surface area contributed by atoms with Crippen molar-refractivity contribution in [3.05, 3.63) is 29.3 Å². The van der Waals surface area contributed by atoms with Gasteiger partial charge in [-0.3, -0.25) is 9.69 Å². The highest BCUT2D eigenvalue weighted by Crippen LogP contribution is 2.35. The number of unbranched alkanes of at least 4 members (excludes halogenated alkanes) is 3. The number of methoxy groups -OCH3 is 1. The number of ether oxygens (including phenoxy) is 2. The summed E-state index contributed by atoms with van der Waals surface area (Å²) in [5.41, 5.74) is 7.63. The number of hydrogen-bond acceptors (Lipinski definition) is 5. The Morgan fingerprint density at radius 3 is 2.55 bits per heavy atom. The molecule has 0 saturated carbocycles. The number of rotatable bonds is 10. The molecule has 0 radical (unpaired) electrons. The number of nitrogens with two attached hydrogens (primary N) is 1.